The Hall–Kier alpha value is -1.04. The molecular weight excluding hydrogens is 503 g/mol. The zero-order valence-corrected chi connectivity index (χ0v) is 18.5. The minimum atomic E-state index is -5.01. The molecule has 2 aromatic heterocycles. The fourth-order valence-electron chi connectivity index (χ4n) is 2.92. The van der Waals surface area contributed by atoms with Crippen molar-refractivity contribution in [2.45, 2.75) is 24.5 Å². The number of hydrogen-bond donors (Lipinski definition) is 12. The fourth-order valence-corrected chi connectivity index (χ4v) is 7.46. The molecule has 0 bridgehead atoms. The summed E-state index contributed by atoms with van der Waals surface area (Å²) < 4.78 is 15.5. The third kappa shape index (κ3) is 5.90. The Bertz CT molecular complexity index is 1030. The first-order valence-corrected chi connectivity index (χ1v) is 13.6. The number of aliphatic hydroxyl groups excluding tert-OH is 2. The van der Waals surface area contributed by atoms with E-state index in [2.05, 4.69) is 23.8 Å². The van der Waals surface area contributed by atoms with Crippen LogP contribution in [0.5, 0.6) is 0 Å². The van der Waals surface area contributed by atoms with Gasteiger partial charge in [0.05, 0.1) is 4.31 Å². The summed E-state index contributed by atoms with van der Waals surface area (Å²) >= 11 is 0. The van der Waals surface area contributed by atoms with E-state index < -0.39 is 66.7 Å². The Labute approximate surface area is 178 Å². The quantitative estimate of drug-likeness (QED) is 0.115. The lowest BCUT2D eigenvalue weighted by Crippen LogP contribution is -2.46. The van der Waals surface area contributed by atoms with Crippen LogP contribution in [0, 0.1) is 0 Å². The van der Waals surface area contributed by atoms with E-state index in [1.54, 1.807) is 0 Å². The molecule has 32 heavy (non-hydrogen) atoms. The van der Waals surface area contributed by atoms with Crippen molar-refractivity contribution in [1.82, 2.24) is 15.0 Å². The lowest BCUT2D eigenvalue weighted by molar-refractivity contribution is -0.745. The summed E-state index contributed by atoms with van der Waals surface area (Å²) in [7, 11) is -14.6. The van der Waals surface area contributed by atoms with Gasteiger partial charge in [-0.15, -0.1) is 4.52 Å². The highest BCUT2D eigenvalue weighted by Gasteiger charge is 2.65. The minimum absolute atomic E-state index is 0.00462. The molecule has 1 aliphatic rings. The molecule has 0 spiro atoms. The number of nitrogen functional groups attached to an aromatic ring is 1. The molecule has 0 unspecified atom stereocenters. The molecule has 0 radical (unpaired) electrons. The lowest BCUT2D eigenvalue weighted by atomic mass is 10.1. The number of H-pyrrole nitrogens is 2. The first-order chi connectivity index (χ1) is 14.6. The fraction of sp³-hybridized carbons (Fsp3) is 0.545. The Morgan fingerprint density at radius 1 is 1.16 bits per heavy atom. The zero-order chi connectivity index (χ0) is 24.1. The molecule has 1 aliphatic heterocycles. The number of aromatic nitrogens is 4. The van der Waals surface area contributed by atoms with E-state index in [0.717, 1.165) is 4.57 Å². The standard InChI is InChI=1S/C11H20N5O13P3/c12-11-14-8-5(9(19)15-11)13-2-16(8)10-7(18)6(17)4(28-10)1-27-32(25,26)29-31(23,24)3-30(20,21)22/h2,4,6-7,10,17-18,20-26H,1,3H2,(H2-,12,14,15,19)/q+2/p+2/t4-,6-,7-,10-/m1/s1. The van der Waals surface area contributed by atoms with Crippen LogP contribution in [0.4, 0.5) is 5.95 Å². The summed E-state index contributed by atoms with van der Waals surface area (Å²) in [5, 5.41) is 20.6. The Morgan fingerprint density at radius 3 is 2.44 bits per heavy atom. The number of imidazole rings is 1. The van der Waals surface area contributed by atoms with Crippen molar-refractivity contribution in [2.75, 3.05) is 18.2 Å². The van der Waals surface area contributed by atoms with E-state index in [9.17, 15) is 34.6 Å². The van der Waals surface area contributed by atoms with Crippen LogP contribution in [-0.4, -0.2) is 90.2 Å². The molecule has 0 amide bonds. The van der Waals surface area contributed by atoms with Gasteiger partial charge in [-0.2, -0.15) is 34.3 Å². The number of ether oxygens (including phenoxy) is 1. The maximum atomic E-state index is 11.9. The van der Waals surface area contributed by atoms with Crippen LogP contribution in [-0.2, 0) is 13.6 Å². The molecule has 18 nitrogen and oxygen atoms in total. The average Bonchev–Trinajstić information content (AvgIpc) is 3.12. The number of fused-ring (bicyclic) bond motifs is 1. The molecule has 2 aromatic rings. The first-order valence-electron chi connectivity index (χ1n) is 8.48. The van der Waals surface area contributed by atoms with Crippen molar-refractivity contribution < 1.29 is 62.6 Å². The smallest absolute Gasteiger partial charge is 0.387 e. The molecule has 0 saturated carbocycles. The van der Waals surface area contributed by atoms with Crippen molar-refractivity contribution in [3.05, 3.63) is 16.7 Å². The Morgan fingerprint density at radius 2 is 1.81 bits per heavy atom. The summed E-state index contributed by atoms with van der Waals surface area (Å²) in [4.78, 5) is 85.9. The number of aromatic amines is 2. The first kappa shape index (κ1) is 25.6. The van der Waals surface area contributed by atoms with Gasteiger partial charge in [0.25, 0.3) is 11.5 Å². The number of hydrogen-bond acceptors (Lipinski definition) is 15. The molecule has 0 aromatic carbocycles. The second-order valence-corrected chi connectivity index (χ2v) is 12.5. The van der Waals surface area contributed by atoms with Gasteiger partial charge < -0.3 is 20.7 Å². The SMILES string of the molecule is Nc1nc2c([nH]c[n+]2[C@@H]2O[C@H](CO[P+](O)(O)O[P+](O)(O)C[P+](O)(O)O)[C@@H](O)[C@H]2O)c(=O)[nH]1. The zero-order valence-electron chi connectivity index (χ0n) is 15.8. The van der Waals surface area contributed by atoms with Gasteiger partial charge in [-0.1, -0.05) is 4.98 Å². The van der Waals surface area contributed by atoms with Crippen LogP contribution in [0.1, 0.15) is 6.23 Å². The van der Waals surface area contributed by atoms with Gasteiger partial charge in [-0.05, 0) is 0 Å². The third-order valence-electron chi connectivity index (χ3n) is 4.14. The van der Waals surface area contributed by atoms with Gasteiger partial charge in [-0.3, -0.25) is 14.8 Å². The van der Waals surface area contributed by atoms with Crippen molar-refractivity contribution in [2.24, 2.45) is 0 Å². The Kier molecular flexibility index (Phi) is 7.16. The summed E-state index contributed by atoms with van der Waals surface area (Å²) in [5.41, 5.74) is 4.88. The number of nitrogens with one attached hydrogen (secondary N) is 2. The van der Waals surface area contributed by atoms with Gasteiger partial charge in [0.1, 0.15) is 24.9 Å². The van der Waals surface area contributed by atoms with E-state index in [1.165, 1.54) is 6.33 Å². The van der Waals surface area contributed by atoms with E-state index in [0.29, 0.717) is 0 Å². The number of anilines is 1. The predicted octanol–water partition coefficient (Wildman–Crippen LogP) is -4.12. The maximum Gasteiger partial charge on any atom is 0.615 e. The summed E-state index contributed by atoms with van der Waals surface area (Å²) in [6, 6.07) is 0. The van der Waals surface area contributed by atoms with Gasteiger partial charge in [0.2, 0.25) is 11.7 Å². The van der Waals surface area contributed by atoms with Crippen LogP contribution < -0.4 is 15.9 Å². The van der Waals surface area contributed by atoms with E-state index >= 15 is 0 Å². The molecule has 1 saturated heterocycles. The Balaban J connectivity index is 1.70. The molecule has 0 aliphatic carbocycles. The number of nitrogens with two attached hydrogens (primary N) is 1. The monoisotopic (exact) mass is 525 g/mol. The van der Waals surface area contributed by atoms with Crippen LogP contribution in [0.25, 0.3) is 11.2 Å². The molecule has 180 valence electrons. The van der Waals surface area contributed by atoms with Gasteiger partial charge in [0, 0.05) is 0 Å². The molecule has 3 heterocycles. The van der Waals surface area contributed by atoms with Crippen molar-refractivity contribution in [1.29, 1.82) is 0 Å². The summed E-state index contributed by atoms with van der Waals surface area (Å²) in [6.45, 7) is -0.841. The van der Waals surface area contributed by atoms with E-state index in [-0.39, 0.29) is 17.1 Å². The largest absolute Gasteiger partial charge is 0.615 e. The van der Waals surface area contributed by atoms with Gasteiger partial charge in [0.15, 0.2) is 6.33 Å². The normalized spacial score (nSPS) is 25.0. The van der Waals surface area contributed by atoms with E-state index in [4.69, 9.17) is 25.2 Å². The maximum absolute atomic E-state index is 11.9. The molecule has 4 atom stereocenters. The lowest BCUT2D eigenvalue weighted by Gasteiger charge is -2.15. The van der Waals surface area contributed by atoms with Crippen molar-refractivity contribution in [3.8, 4) is 0 Å². The van der Waals surface area contributed by atoms with Crippen LogP contribution >= 0.6 is 24.1 Å². The number of nitrogens with zero attached hydrogens (tertiary/aromatic N) is 2. The highest BCUT2D eigenvalue weighted by atomic mass is 31.3. The molecule has 1 fully saturated rings. The molecule has 3 rings (SSSR count). The summed E-state index contributed by atoms with van der Waals surface area (Å²) in [5.74, 6) is -1.70. The summed E-state index contributed by atoms with van der Waals surface area (Å²) in [6.07, 6.45) is -4.76. The second kappa shape index (κ2) is 8.96. The van der Waals surface area contributed by atoms with Gasteiger partial charge >= 0.3 is 35.6 Å². The van der Waals surface area contributed by atoms with Crippen molar-refractivity contribution in [3.63, 3.8) is 0 Å². The third-order valence-corrected chi connectivity index (χ3v) is 9.51. The van der Waals surface area contributed by atoms with Crippen LogP contribution in [0.15, 0.2) is 11.1 Å². The topological polar surface area (TPSA) is 301 Å². The molecule has 21 heteroatoms. The van der Waals surface area contributed by atoms with Crippen LogP contribution in [0.3, 0.4) is 0 Å². The van der Waals surface area contributed by atoms with Gasteiger partial charge in [-0.25, -0.2) is 4.57 Å². The highest BCUT2D eigenvalue weighted by molar-refractivity contribution is 7.80. The number of aliphatic hydroxyl groups is 2. The molecular formula is C11H22N5O13P3+4. The average molecular weight is 525 g/mol. The number of rotatable bonds is 8. The molecule has 13 N–H and O–H groups in total. The van der Waals surface area contributed by atoms with Crippen LogP contribution in [0.2, 0.25) is 0 Å². The van der Waals surface area contributed by atoms with E-state index in [1.807, 2.05) is 0 Å². The predicted molar refractivity (Wildman–Crippen MR) is 105 cm³/mol. The highest BCUT2D eigenvalue weighted by Crippen LogP contribution is 2.74. The minimum Gasteiger partial charge on any atom is -0.387 e. The second-order valence-electron chi connectivity index (χ2n) is 6.74. The van der Waals surface area contributed by atoms with Crippen molar-refractivity contribution >= 4 is 41.2 Å².